The summed E-state index contributed by atoms with van der Waals surface area (Å²) in [5.41, 5.74) is -0.398. The Morgan fingerprint density at radius 2 is 2.13 bits per heavy atom. The third kappa shape index (κ3) is 2.52. The van der Waals surface area contributed by atoms with Crippen molar-refractivity contribution in [3.8, 4) is 0 Å². The summed E-state index contributed by atoms with van der Waals surface area (Å²) in [5, 5.41) is 7.20. The van der Waals surface area contributed by atoms with Crippen molar-refractivity contribution in [2.75, 3.05) is 7.11 Å². The Labute approximate surface area is 85.9 Å². The summed E-state index contributed by atoms with van der Waals surface area (Å²) in [6.07, 6.45) is 2.31. The zero-order valence-corrected chi connectivity index (χ0v) is 8.75. The molecule has 1 aromatic heterocycles. The topological polar surface area (TPSA) is 79.0 Å². The van der Waals surface area contributed by atoms with Crippen LogP contribution in [0.2, 0.25) is 0 Å². The molecule has 0 N–H and O–H groups in total. The van der Waals surface area contributed by atoms with E-state index >= 15 is 0 Å². The van der Waals surface area contributed by atoms with E-state index in [0.29, 0.717) is 0 Å². The lowest BCUT2D eigenvalue weighted by atomic mass is 10.4. The second-order valence-corrected chi connectivity index (χ2v) is 3.08. The Balaban J connectivity index is 2.93. The molecule has 1 heterocycles. The van der Waals surface area contributed by atoms with Crippen LogP contribution in [0, 0.1) is 0 Å². The summed E-state index contributed by atoms with van der Waals surface area (Å²) in [4.78, 5) is 22.3. The number of aromatic nitrogens is 4. The van der Waals surface area contributed by atoms with E-state index in [1.54, 1.807) is 0 Å². The molecule has 0 unspecified atom stereocenters. The van der Waals surface area contributed by atoms with Gasteiger partial charge in [-0.3, -0.25) is 0 Å². The minimum Gasteiger partial charge on any atom is -0.466 e. The van der Waals surface area contributed by atoms with Crippen LogP contribution in [-0.2, 0) is 9.53 Å². The standard InChI is InChI=1S/C8H12N4O3/c1-6(2)12-8(14)11(9-10-12)5-4-7(13)15-3/h4-6H,1-3H3/b5-4-. The van der Waals surface area contributed by atoms with Crippen molar-refractivity contribution < 1.29 is 9.53 Å². The molecule has 82 valence electrons. The first kappa shape index (κ1) is 11.2. The van der Waals surface area contributed by atoms with E-state index in [2.05, 4.69) is 15.2 Å². The number of carbonyl (C=O) groups excluding carboxylic acids is 1. The number of methoxy groups -OCH3 is 1. The molecule has 0 fully saturated rings. The second-order valence-electron chi connectivity index (χ2n) is 3.08. The van der Waals surface area contributed by atoms with Crippen LogP contribution in [0.15, 0.2) is 10.9 Å². The number of hydrogen-bond donors (Lipinski definition) is 0. The third-order valence-corrected chi connectivity index (χ3v) is 1.67. The van der Waals surface area contributed by atoms with Crippen LogP contribution in [0.3, 0.4) is 0 Å². The number of hydrogen-bond acceptors (Lipinski definition) is 5. The van der Waals surface area contributed by atoms with Gasteiger partial charge in [-0.15, -0.1) is 0 Å². The SMILES string of the molecule is COC(=O)/C=C\n1nnn(C(C)C)c1=O. The van der Waals surface area contributed by atoms with Gasteiger partial charge in [0, 0.05) is 12.3 Å². The quantitative estimate of drug-likeness (QED) is 0.506. The Morgan fingerprint density at radius 1 is 1.47 bits per heavy atom. The fourth-order valence-corrected chi connectivity index (χ4v) is 0.885. The van der Waals surface area contributed by atoms with E-state index in [1.165, 1.54) is 18.0 Å². The minimum atomic E-state index is -0.555. The van der Waals surface area contributed by atoms with Crippen LogP contribution in [0.5, 0.6) is 0 Å². The average molecular weight is 212 g/mol. The first-order chi connectivity index (χ1) is 7.06. The molecule has 0 atom stereocenters. The highest BCUT2D eigenvalue weighted by Crippen LogP contribution is 1.94. The van der Waals surface area contributed by atoms with Crippen molar-refractivity contribution in [1.82, 2.24) is 19.8 Å². The third-order valence-electron chi connectivity index (χ3n) is 1.67. The number of nitrogens with zero attached hydrogens (tertiary/aromatic N) is 4. The molecule has 15 heavy (non-hydrogen) atoms. The van der Waals surface area contributed by atoms with Gasteiger partial charge in [0.2, 0.25) is 0 Å². The number of carbonyl (C=O) groups is 1. The highest BCUT2D eigenvalue weighted by atomic mass is 16.5. The molecule has 0 radical (unpaired) electrons. The van der Waals surface area contributed by atoms with E-state index in [9.17, 15) is 9.59 Å². The maximum atomic E-state index is 11.5. The molecular weight excluding hydrogens is 200 g/mol. The summed E-state index contributed by atoms with van der Waals surface area (Å²) in [7, 11) is 1.25. The monoisotopic (exact) mass is 212 g/mol. The van der Waals surface area contributed by atoms with Crippen molar-refractivity contribution in [3.05, 3.63) is 16.6 Å². The van der Waals surface area contributed by atoms with Gasteiger partial charge >= 0.3 is 11.7 Å². The van der Waals surface area contributed by atoms with E-state index in [1.807, 2.05) is 13.8 Å². The predicted molar refractivity (Wildman–Crippen MR) is 52.0 cm³/mol. The molecule has 1 rings (SSSR count). The molecule has 7 heteroatoms. The predicted octanol–water partition coefficient (Wildman–Crippen LogP) is -0.336. The summed E-state index contributed by atoms with van der Waals surface area (Å²) in [5.74, 6) is -0.555. The van der Waals surface area contributed by atoms with Crippen molar-refractivity contribution in [2.24, 2.45) is 0 Å². The smallest absolute Gasteiger partial charge is 0.368 e. The lowest BCUT2D eigenvalue weighted by molar-refractivity contribution is -0.134. The summed E-state index contributed by atoms with van der Waals surface area (Å²) >= 11 is 0. The number of ether oxygens (including phenoxy) is 1. The van der Waals surface area contributed by atoms with Crippen LogP contribution in [-0.4, -0.2) is 32.9 Å². The van der Waals surface area contributed by atoms with Gasteiger partial charge in [0.05, 0.1) is 13.2 Å². The molecule has 0 amide bonds. The van der Waals surface area contributed by atoms with Gasteiger partial charge in [-0.25, -0.2) is 9.59 Å². The molecule has 0 bridgehead atoms. The first-order valence-electron chi connectivity index (χ1n) is 4.36. The number of tetrazole rings is 1. The highest BCUT2D eigenvalue weighted by molar-refractivity contribution is 5.84. The Bertz CT molecular complexity index is 429. The second kappa shape index (κ2) is 4.54. The molecule has 0 saturated carbocycles. The summed E-state index contributed by atoms with van der Waals surface area (Å²) in [6.45, 7) is 3.62. The molecule has 0 aliphatic carbocycles. The minimum absolute atomic E-state index is 0.0715. The zero-order valence-electron chi connectivity index (χ0n) is 8.75. The lowest BCUT2D eigenvalue weighted by Crippen LogP contribution is -2.24. The van der Waals surface area contributed by atoms with Crippen LogP contribution >= 0.6 is 0 Å². The van der Waals surface area contributed by atoms with Gasteiger partial charge in [0.15, 0.2) is 0 Å². The number of esters is 1. The van der Waals surface area contributed by atoms with E-state index in [4.69, 9.17) is 0 Å². The van der Waals surface area contributed by atoms with E-state index < -0.39 is 11.7 Å². The fourth-order valence-electron chi connectivity index (χ4n) is 0.885. The van der Waals surface area contributed by atoms with Crippen molar-refractivity contribution in [2.45, 2.75) is 19.9 Å². The molecule has 7 nitrogen and oxygen atoms in total. The van der Waals surface area contributed by atoms with Gasteiger partial charge in [-0.2, -0.15) is 9.36 Å². The molecule has 0 aromatic carbocycles. The van der Waals surface area contributed by atoms with E-state index in [0.717, 1.165) is 10.8 Å². The zero-order chi connectivity index (χ0) is 11.4. The molecule has 0 aliphatic rings. The molecular formula is C8H12N4O3. The lowest BCUT2D eigenvalue weighted by Gasteiger charge is -1.98. The van der Waals surface area contributed by atoms with E-state index in [-0.39, 0.29) is 6.04 Å². The Morgan fingerprint density at radius 3 is 2.60 bits per heavy atom. The van der Waals surface area contributed by atoms with Crippen LogP contribution in [0.25, 0.3) is 6.20 Å². The van der Waals surface area contributed by atoms with Crippen molar-refractivity contribution in [3.63, 3.8) is 0 Å². The largest absolute Gasteiger partial charge is 0.466 e. The normalized spacial score (nSPS) is 11.2. The van der Waals surface area contributed by atoms with Gasteiger partial charge in [-0.1, -0.05) is 0 Å². The van der Waals surface area contributed by atoms with Gasteiger partial charge in [0.25, 0.3) is 0 Å². The summed E-state index contributed by atoms with van der Waals surface area (Å²) in [6, 6.07) is -0.0715. The van der Waals surface area contributed by atoms with Crippen molar-refractivity contribution in [1.29, 1.82) is 0 Å². The maximum Gasteiger partial charge on any atom is 0.368 e. The Hall–Kier alpha value is -1.92. The van der Waals surface area contributed by atoms with Gasteiger partial charge in [0.1, 0.15) is 0 Å². The van der Waals surface area contributed by atoms with Gasteiger partial charge < -0.3 is 4.74 Å². The molecule has 0 aliphatic heterocycles. The molecule has 0 spiro atoms. The first-order valence-corrected chi connectivity index (χ1v) is 4.36. The molecule has 1 aromatic rings. The van der Waals surface area contributed by atoms with Crippen LogP contribution in [0.4, 0.5) is 0 Å². The van der Waals surface area contributed by atoms with Crippen molar-refractivity contribution >= 4 is 12.2 Å². The Kier molecular flexibility index (Phi) is 3.37. The average Bonchev–Trinajstić information content (AvgIpc) is 2.56. The molecule has 0 saturated heterocycles. The fraction of sp³-hybridized carbons (Fsp3) is 0.500. The van der Waals surface area contributed by atoms with Crippen LogP contribution in [0.1, 0.15) is 19.9 Å². The highest BCUT2D eigenvalue weighted by Gasteiger charge is 2.07. The maximum absolute atomic E-state index is 11.5. The van der Waals surface area contributed by atoms with Crippen LogP contribution < -0.4 is 5.69 Å². The van der Waals surface area contributed by atoms with Gasteiger partial charge in [-0.05, 0) is 24.3 Å². The number of rotatable bonds is 3. The summed E-state index contributed by atoms with van der Waals surface area (Å²) < 4.78 is 6.55.